The molecule has 2 aromatic rings. The number of benzene rings is 1. The number of aromatic nitrogens is 2. The van der Waals surface area contributed by atoms with Crippen molar-refractivity contribution >= 4 is 11.5 Å². The zero-order chi connectivity index (χ0) is 14.4. The molecule has 0 saturated carbocycles. The standard InChI is InChI=1S/C15H19FN4/c1-3-17-9-13-10-18-11-15(19-13)20(4-2)14-7-5-6-12(16)8-14/h5-8,10-11,17H,3-4,9H2,1-2H3. The third-order valence-electron chi connectivity index (χ3n) is 2.94. The van der Waals surface area contributed by atoms with Crippen molar-refractivity contribution in [2.24, 2.45) is 0 Å². The summed E-state index contributed by atoms with van der Waals surface area (Å²) in [7, 11) is 0. The maximum Gasteiger partial charge on any atom is 0.151 e. The second-order valence-electron chi connectivity index (χ2n) is 4.37. The van der Waals surface area contributed by atoms with Crippen molar-refractivity contribution in [1.29, 1.82) is 0 Å². The Hall–Kier alpha value is -2.01. The molecule has 0 aliphatic rings. The normalized spacial score (nSPS) is 10.6. The number of nitrogens with one attached hydrogen (secondary N) is 1. The molecule has 1 heterocycles. The minimum atomic E-state index is -0.252. The summed E-state index contributed by atoms with van der Waals surface area (Å²) in [5.74, 6) is 0.478. The average molecular weight is 274 g/mol. The van der Waals surface area contributed by atoms with Gasteiger partial charge in [0.25, 0.3) is 0 Å². The first-order valence-electron chi connectivity index (χ1n) is 6.79. The molecular formula is C15H19FN4. The first kappa shape index (κ1) is 14.4. The molecular weight excluding hydrogens is 255 g/mol. The fraction of sp³-hybridized carbons (Fsp3) is 0.333. The van der Waals surface area contributed by atoms with Crippen molar-refractivity contribution in [2.75, 3.05) is 18.0 Å². The molecule has 0 unspecified atom stereocenters. The van der Waals surface area contributed by atoms with Crippen molar-refractivity contribution in [3.05, 3.63) is 48.2 Å². The molecule has 0 fully saturated rings. The van der Waals surface area contributed by atoms with E-state index in [0.717, 1.165) is 23.7 Å². The van der Waals surface area contributed by atoms with Gasteiger partial charge in [-0.1, -0.05) is 13.0 Å². The summed E-state index contributed by atoms with van der Waals surface area (Å²) in [6.07, 6.45) is 3.44. The molecule has 0 bridgehead atoms. The number of rotatable bonds is 6. The molecule has 0 spiro atoms. The van der Waals surface area contributed by atoms with Gasteiger partial charge in [-0.25, -0.2) is 9.37 Å². The summed E-state index contributed by atoms with van der Waals surface area (Å²) < 4.78 is 13.4. The molecule has 2 rings (SSSR count). The second kappa shape index (κ2) is 6.96. The van der Waals surface area contributed by atoms with Crippen LogP contribution in [0.15, 0.2) is 36.7 Å². The molecule has 0 saturated heterocycles. The summed E-state index contributed by atoms with van der Waals surface area (Å²) >= 11 is 0. The molecule has 1 aromatic heterocycles. The molecule has 0 aliphatic heterocycles. The summed E-state index contributed by atoms with van der Waals surface area (Å²) in [4.78, 5) is 10.7. The lowest BCUT2D eigenvalue weighted by Gasteiger charge is -2.22. The van der Waals surface area contributed by atoms with Crippen molar-refractivity contribution < 1.29 is 4.39 Å². The molecule has 1 N–H and O–H groups in total. The predicted octanol–water partition coefficient (Wildman–Crippen LogP) is 2.88. The largest absolute Gasteiger partial charge is 0.325 e. The van der Waals surface area contributed by atoms with E-state index < -0.39 is 0 Å². The SMILES string of the molecule is CCNCc1cncc(N(CC)c2cccc(F)c2)n1. The highest BCUT2D eigenvalue weighted by atomic mass is 19.1. The summed E-state index contributed by atoms with van der Waals surface area (Å²) in [5.41, 5.74) is 1.65. The Labute approximate surface area is 118 Å². The Morgan fingerprint density at radius 1 is 1.25 bits per heavy atom. The van der Waals surface area contributed by atoms with Crippen LogP contribution in [-0.4, -0.2) is 23.1 Å². The predicted molar refractivity (Wildman–Crippen MR) is 78.5 cm³/mol. The lowest BCUT2D eigenvalue weighted by atomic mass is 10.2. The van der Waals surface area contributed by atoms with Gasteiger partial charge in [-0.05, 0) is 31.7 Å². The van der Waals surface area contributed by atoms with Crippen LogP contribution in [0.2, 0.25) is 0 Å². The first-order valence-corrected chi connectivity index (χ1v) is 6.79. The van der Waals surface area contributed by atoms with Crippen molar-refractivity contribution in [2.45, 2.75) is 20.4 Å². The average Bonchev–Trinajstić information content (AvgIpc) is 2.46. The second-order valence-corrected chi connectivity index (χ2v) is 4.37. The zero-order valence-electron chi connectivity index (χ0n) is 11.8. The van der Waals surface area contributed by atoms with Crippen molar-refractivity contribution in [1.82, 2.24) is 15.3 Å². The minimum absolute atomic E-state index is 0.252. The quantitative estimate of drug-likeness (QED) is 0.879. The highest BCUT2D eigenvalue weighted by molar-refractivity contribution is 5.59. The molecule has 1 aromatic carbocycles. The lowest BCUT2D eigenvalue weighted by Crippen LogP contribution is -2.19. The van der Waals surface area contributed by atoms with E-state index in [0.29, 0.717) is 13.1 Å². The van der Waals surface area contributed by atoms with Crippen LogP contribution < -0.4 is 10.2 Å². The zero-order valence-corrected chi connectivity index (χ0v) is 11.8. The van der Waals surface area contributed by atoms with Crippen molar-refractivity contribution in [3.63, 3.8) is 0 Å². The number of anilines is 2. The number of nitrogens with zero attached hydrogens (tertiary/aromatic N) is 3. The van der Waals surface area contributed by atoms with Gasteiger partial charge >= 0.3 is 0 Å². The molecule has 0 aliphatic carbocycles. The Kier molecular flexibility index (Phi) is 5.01. The van der Waals surface area contributed by atoms with E-state index in [1.165, 1.54) is 12.1 Å². The van der Waals surface area contributed by atoms with Crippen LogP contribution in [0.3, 0.4) is 0 Å². The molecule has 106 valence electrons. The fourth-order valence-corrected chi connectivity index (χ4v) is 1.98. The Morgan fingerprint density at radius 3 is 2.80 bits per heavy atom. The smallest absolute Gasteiger partial charge is 0.151 e. The summed E-state index contributed by atoms with van der Waals surface area (Å²) in [5, 5.41) is 3.22. The van der Waals surface area contributed by atoms with Crippen LogP contribution in [0.4, 0.5) is 15.9 Å². The molecule has 5 heteroatoms. The van der Waals surface area contributed by atoms with Crippen LogP contribution in [0.25, 0.3) is 0 Å². The van der Waals surface area contributed by atoms with Gasteiger partial charge in [0, 0.05) is 25.0 Å². The fourth-order valence-electron chi connectivity index (χ4n) is 1.98. The van der Waals surface area contributed by atoms with Gasteiger partial charge in [-0.15, -0.1) is 0 Å². The highest BCUT2D eigenvalue weighted by Gasteiger charge is 2.10. The van der Waals surface area contributed by atoms with Gasteiger partial charge in [0.1, 0.15) is 5.82 Å². The van der Waals surface area contributed by atoms with Gasteiger partial charge in [-0.3, -0.25) is 4.98 Å². The molecule has 0 atom stereocenters. The van der Waals surface area contributed by atoms with Crippen LogP contribution in [0.1, 0.15) is 19.5 Å². The van der Waals surface area contributed by atoms with Crippen LogP contribution in [0, 0.1) is 5.82 Å². The molecule has 4 nitrogen and oxygen atoms in total. The Bertz CT molecular complexity index is 559. The summed E-state index contributed by atoms with van der Waals surface area (Å²) in [6, 6.07) is 6.50. The van der Waals surface area contributed by atoms with E-state index in [1.54, 1.807) is 18.5 Å². The van der Waals surface area contributed by atoms with E-state index in [-0.39, 0.29) is 5.82 Å². The Morgan fingerprint density at radius 2 is 2.10 bits per heavy atom. The highest BCUT2D eigenvalue weighted by Crippen LogP contribution is 2.23. The lowest BCUT2D eigenvalue weighted by molar-refractivity contribution is 0.627. The number of hydrogen-bond acceptors (Lipinski definition) is 4. The molecule has 0 amide bonds. The molecule has 20 heavy (non-hydrogen) atoms. The molecule has 0 radical (unpaired) electrons. The van der Waals surface area contributed by atoms with Gasteiger partial charge in [0.05, 0.1) is 11.9 Å². The summed E-state index contributed by atoms with van der Waals surface area (Å²) in [6.45, 7) is 6.31. The van der Waals surface area contributed by atoms with E-state index in [4.69, 9.17) is 0 Å². The van der Waals surface area contributed by atoms with Gasteiger partial charge in [0.2, 0.25) is 0 Å². The van der Waals surface area contributed by atoms with Crippen LogP contribution >= 0.6 is 0 Å². The van der Waals surface area contributed by atoms with Crippen LogP contribution in [0.5, 0.6) is 0 Å². The van der Waals surface area contributed by atoms with Gasteiger partial charge in [-0.2, -0.15) is 0 Å². The minimum Gasteiger partial charge on any atom is -0.325 e. The number of halogens is 1. The van der Waals surface area contributed by atoms with E-state index in [9.17, 15) is 4.39 Å². The number of hydrogen-bond donors (Lipinski definition) is 1. The maximum atomic E-state index is 13.4. The van der Waals surface area contributed by atoms with Crippen LogP contribution in [-0.2, 0) is 6.54 Å². The third-order valence-corrected chi connectivity index (χ3v) is 2.94. The van der Waals surface area contributed by atoms with E-state index in [2.05, 4.69) is 15.3 Å². The Balaban J connectivity index is 2.27. The first-order chi connectivity index (χ1) is 9.74. The third kappa shape index (κ3) is 3.51. The van der Waals surface area contributed by atoms with E-state index in [1.807, 2.05) is 24.8 Å². The topological polar surface area (TPSA) is 41.1 Å². The maximum absolute atomic E-state index is 13.4. The van der Waals surface area contributed by atoms with Crippen molar-refractivity contribution in [3.8, 4) is 0 Å². The van der Waals surface area contributed by atoms with Gasteiger partial charge < -0.3 is 10.2 Å². The monoisotopic (exact) mass is 274 g/mol. The van der Waals surface area contributed by atoms with E-state index >= 15 is 0 Å². The van der Waals surface area contributed by atoms with Gasteiger partial charge in [0.15, 0.2) is 5.82 Å².